The summed E-state index contributed by atoms with van der Waals surface area (Å²) in [5.41, 5.74) is 0. The molecule has 0 aliphatic rings. The van der Waals surface area contributed by atoms with Crippen molar-refractivity contribution in [3.8, 4) is 0 Å². The Hall–Kier alpha value is -2.77. The summed E-state index contributed by atoms with van der Waals surface area (Å²) in [5, 5.41) is 0. The van der Waals surface area contributed by atoms with Crippen LogP contribution in [-0.2, 0) is 0 Å². The van der Waals surface area contributed by atoms with Crippen LogP contribution in [0.3, 0.4) is 0 Å². The van der Waals surface area contributed by atoms with Crippen LogP contribution in [0.15, 0.2) is 103 Å². The molecule has 4 aromatic rings. The number of hydrogen-bond acceptors (Lipinski definition) is 0. The molecule has 4 aromatic carbocycles. The molecular weight excluding hydrogens is 420 g/mol. The van der Waals surface area contributed by atoms with E-state index in [9.17, 15) is 13.2 Å². The number of benzene rings is 4. The molecule has 0 N–H and O–H groups in total. The summed E-state index contributed by atoms with van der Waals surface area (Å²) in [6, 6.07) is 29.4. The minimum atomic E-state index is -3.35. The molecule has 0 aliphatic carbocycles. The summed E-state index contributed by atoms with van der Waals surface area (Å²) >= 11 is -3.35. The van der Waals surface area contributed by atoms with E-state index in [-0.39, 0.29) is 17.5 Å². The van der Waals surface area contributed by atoms with Gasteiger partial charge in [0.2, 0.25) is 0 Å². The Bertz CT molecular complexity index is 947. The Morgan fingerprint density at radius 1 is 0.357 bits per heavy atom. The zero-order chi connectivity index (χ0) is 19.6. The topological polar surface area (TPSA) is 0 Å². The maximum absolute atomic E-state index is 13.7. The van der Waals surface area contributed by atoms with Gasteiger partial charge in [0.05, 0.1) is 0 Å². The first-order valence-corrected chi connectivity index (χ1v) is 12.6. The van der Waals surface area contributed by atoms with Crippen LogP contribution in [0.1, 0.15) is 0 Å². The van der Waals surface area contributed by atoms with E-state index in [1.54, 1.807) is 36.4 Å². The number of halogens is 3. The van der Waals surface area contributed by atoms with Gasteiger partial charge in [-0.3, -0.25) is 0 Å². The van der Waals surface area contributed by atoms with E-state index >= 15 is 0 Å². The Morgan fingerprint density at radius 2 is 0.643 bits per heavy atom. The van der Waals surface area contributed by atoms with Crippen molar-refractivity contribution in [2.45, 2.75) is 0 Å². The molecule has 138 valence electrons. The van der Waals surface area contributed by atoms with Gasteiger partial charge < -0.3 is 0 Å². The zero-order valence-electron chi connectivity index (χ0n) is 14.9. The fourth-order valence-corrected chi connectivity index (χ4v) is 12.3. The van der Waals surface area contributed by atoms with Crippen molar-refractivity contribution in [1.82, 2.24) is 0 Å². The molecule has 0 aliphatic heterocycles. The van der Waals surface area contributed by atoms with Gasteiger partial charge >= 0.3 is 165 Å². The van der Waals surface area contributed by atoms with Crippen molar-refractivity contribution in [2.75, 3.05) is 0 Å². The van der Waals surface area contributed by atoms with Gasteiger partial charge in [-0.25, -0.2) is 0 Å². The SMILES string of the molecule is Fc1ccc([As+](c2ccccc2)(c2ccc(F)cc2)c2ccc(F)cc2)cc1. The van der Waals surface area contributed by atoms with Crippen LogP contribution in [0.25, 0.3) is 0 Å². The molecule has 0 saturated carbocycles. The molecule has 0 aromatic heterocycles. The molecule has 0 heterocycles. The van der Waals surface area contributed by atoms with Crippen LogP contribution >= 0.6 is 0 Å². The quantitative estimate of drug-likeness (QED) is 0.429. The zero-order valence-corrected chi connectivity index (χ0v) is 16.8. The monoisotopic (exact) mass is 437 g/mol. The van der Waals surface area contributed by atoms with Crippen molar-refractivity contribution in [3.63, 3.8) is 0 Å². The van der Waals surface area contributed by atoms with Crippen molar-refractivity contribution in [2.24, 2.45) is 0 Å². The van der Waals surface area contributed by atoms with Gasteiger partial charge in [-0.05, 0) is 0 Å². The summed E-state index contributed by atoms with van der Waals surface area (Å²) in [7, 11) is 0. The fourth-order valence-electron chi connectivity index (χ4n) is 3.54. The van der Waals surface area contributed by atoms with E-state index in [4.69, 9.17) is 0 Å². The molecule has 0 fully saturated rings. The molecule has 4 heteroatoms. The summed E-state index contributed by atoms with van der Waals surface area (Å²) < 4.78 is 45.1. The fraction of sp³-hybridized carbons (Fsp3) is 0. The molecule has 0 radical (unpaired) electrons. The standard InChI is InChI=1S/C24H17AsF3/c26-22-12-6-19(7-13-22)25(18-4-2-1-3-5-18,20-8-14-23(27)15-9-20)21-10-16-24(28)17-11-21/h1-17H/q+1. The molecular formula is C24H17AsF3+. The second kappa shape index (κ2) is 7.69. The molecule has 0 bridgehead atoms. The average Bonchev–Trinajstić information content (AvgIpc) is 2.73. The van der Waals surface area contributed by atoms with E-state index in [1.165, 1.54) is 36.4 Å². The Kier molecular flexibility index (Phi) is 5.10. The third-order valence-electron chi connectivity index (χ3n) is 4.79. The Morgan fingerprint density at radius 3 is 0.964 bits per heavy atom. The van der Waals surface area contributed by atoms with Crippen LogP contribution < -0.4 is 17.4 Å². The van der Waals surface area contributed by atoms with Crippen LogP contribution in [-0.4, -0.2) is 13.6 Å². The van der Waals surface area contributed by atoms with Gasteiger partial charge in [0.1, 0.15) is 0 Å². The van der Waals surface area contributed by atoms with Gasteiger partial charge in [-0.1, -0.05) is 0 Å². The van der Waals surface area contributed by atoms with Gasteiger partial charge in [0.25, 0.3) is 0 Å². The van der Waals surface area contributed by atoms with Crippen molar-refractivity contribution < 1.29 is 13.2 Å². The van der Waals surface area contributed by atoms with E-state index in [2.05, 4.69) is 0 Å². The third-order valence-corrected chi connectivity index (χ3v) is 13.8. The van der Waals surface area contributed by atoms with Gasteiger partial charge in [-0.2, -0.15) is 0 Å². The van der Waals surface area contributed by atoms with E-state index in [0.717, 1.165) is 17.4 Å². The van der Waals surface area contributed by atoms with Crippen molar-refractivity contribution >= 4 is 31.0 Å². The molecule has 28 heavy (non-hydrogen) atoms. The van der Waals surface area contributed by atoms with E-state index < -0.39 is 13.6 Å². The molecule has 0 atom stereocenters. The first-order chi connectivity index (χ1) is 13.6. The maximum atomic E-state index is 13.7. The van der Waals surface area contributed by atoms with Crippen LogP contribution in [0, 0.1) is 17.5 Å². The van der Waals surface area contributed by atoms with Gasteiger partial charge in [-0.15, -0.1) is 0 Å². The number of rotatable bonds is 4. The summed E-state index contributed by atoms with van der Waals surface area (Å²) in [5.74, 6) is -0.948. The van der Waals surface area contributed by atoms with Crippen molar-refractivity contribution in [1.29, 1.82) is 0 Å². The van der Waals surface area contributed by atoms with Crippen LogP contribution in [0.4, 0.5) is 13.2 Å². The normalized spacial score (nSPS) is 11.4. The number of hydrogen-bond donors (Lipinski definition) is 0. The second-order valence-electron chi connectivity index (χ2n) is 6.44. The molecule has 0 spiro atoms. The Balaban J connectivity index is 2.11. The molecule has 0 unspecified atom stereocenters. The van der Waals surface area contributed by atoms with Crippen LogP contribution in [0.2, 0.25) is 0 Å². The minimum absolute atomic E-state index is 0.316. The Labute approximate surface area is 164 Å². The van der Waals surface area contributed by atoms with Gasteiger partial charge in [0, 0.05) is 0 Å². The van der Waals surface area contributed by atoms with E-state index in [0.29, 0.717) is 0 Å². The van der Waals surface area contributed by atoms with Crippen molar-refractivity contribution in [3.05, 3.63) is 121 Å². The predicted octanol–water partition coefficient (Wildman–Crippen LogP) is 3.48. The summed E-state index contributed by atoms with van der Waals surface area (Å²) in [4.78, 5) is 0. The summed E-state index contributed by atoms with van der Waals surface area (Å²) in [6.07, 6.45) is 0. The first-order valence-electron chi connectivity index (χ1n) is 8.84. The average molecular weight is 437 g/mol. The third kappa shape index (κ3) is 3.27. The van der Waals surface area contributed by atoms with Crippen LogP contribution in [0.5, 0.6) is 0 Å². The molecule has 0 nitrogen and oxygen atoms in total. The van der Waals surface area contributed by atoms with Gasteiger partial charge in [0.15, 0.2) is 0 Å². The molecule has 4 rings (SSSR count). The first kappa shape index (κ1) is 18.6. The molecule has 0 saturated heterocycles. The second-order valence-corrected chi connectivity index (χ2v) is 13.6. The van der Waals surface area contributed by atoms with E-state index in [1.807, 2.05) is 30.3 Å². The predicted molar refractivity (Wildman–Crippen MR) is 110 cm³/mol. The molecule has 0 amide bonds. The summed E-state index contributed by atoms with van der Waals surface area (Å²) in [6.45, 7) is 0.